The third-order valence-corrected chi connectivity index (χ3v) is 8.09. The molecule has 0 saturated carbocycles. The Balaban J connectivity index is 0.000000191. The number of hydrogen-bond donors (Lipinski definition) is 0. The largest absolute Gasteiger partial charge is 0.305 e. The van der Waals surface area contributed by atoms with Gasteiger partial charge in [-0.3, -0.25) is 0 Å². The number of nitrogens with zero attached hydrogens (tertiary/aromatic N) is 2. The van der Waals surface area contributed by atoms with E-state index < -0.39 is 0 Å². The number of aromatic nitrogens is 2. The predicted molar refractivity (Wildman–Crippen MR) is 190 cm³/mol. The van der Waals surface area contributed by atoms with Crippen molar-refractivity contribution in [1.29, 1.82) is 0 Å². The van der Waals surface area contributed by atoms with Gasteiger partial charge in [-0.15, -0.1) is 71.3 Å². The zero-order valence-corrected chi connectivity index (χ0v) is 29.0. The second-order valence-corrected chi connectivity index (χ2v) is 11.4. The Morgan fingerprint density at radius 1 is 0.617 bits per heavy atom. The maximum Gasteiger partial charge on any atom is 0.0242 e. The molecular weight excluding hydrogens is 749 g/mol. The number of hydrogen-bond acceptors (Lipinski definition) is 2. The summed E-state index contributed by atoms with van der Waals surface area (Å²) in [7, 11) is 0. The van der Waals surface area contributed by atoms with Crippen LogP contribution in [0.15, 0.2) is 164 Å². The summed E-state index contributed by atoms with van der Waals surface area (Å²) < 4.78 is 0. The third kappa shape index (κ3) is 8.86. The van der Waals surface area contributed by atoms with Crippen molar-refractivity contribution in [1.82, 2.24) is 9.97 Å². The van der Waals surface area contributed by atoms with Gasteiger partial charge in [0.15, 0.2) is 0 Å². The van der Waals surface area contributed by atoms with Crippen LogP contribution in [0, 0.1) is 19.1 Å². The molecule has 0 spiro atoms. The van der Waals surface area contributed by atoms with E-state index >= 15 is 0 Å². The summed E-state index contributed by atoms with van der Waals surface area (Å²) in [5, 5.41) is 0. The minimum Gasteiger partial charge on any atom is -0.305 e. The summed E-state index contributed by atoms with van der Waals surface area (Å²) in [6.07, 6.45) is 4.81. The van der Waals surface area contributed by atoms with Crippen molar-refractivity contribution in [3.8, 4) is 33.6 Å². The molecule has 5 aromatic carbocycles. The molecule has 233 valence electrons. The third-order valence-electron chi connectivity index (χ3n) is 8.09. The first-order chi connectivity index (χ1) is 22.6. The molecular formula is C44H36IrN2-2. The molecule has 0 bridgehead atoms. The standard InChI is InChI=1S/C26H22N.C18H14N.Ir/c1-19-13-15-23(16-14-19)26-17-24(20(2)21-9-5-3-6-10-21)25(18-27-26)22-11-7-4-8-12-22;1-3-7-15(8-4-1)13-16-11-12-19-18(14-16)17-9-5-2-6-10-17;/h3-15,17-18,20H,1-2H3;1-9,11-12,14H,13H2;/q2*-1;. The second kappa shape index (κ2) is 16.6. The van der Waals surface area contributed by atoms with Crippen LogP contribution in [0.4, 0.5) is 0 Å². The van der Waals surface area contributed by atoms with Crippen LogP contribution in [0.3, 0.4) is 0 Å². The van der Waals surface area contributed by atoms with E-state index in [1.807, 2.05) is 54.9 Å². The van der Waals surface area contributed by atoms with Crippen LogP contribution >= 0.6 is 0 Å². The summed E-state index contributed by atoms with van der Waals surface area (Å²) in [4.78, 5) is 9.18. The molecule has 0 aliphatic carbocycles. The molecule has 2 aromatic heterocycles. The van der Waals surface area contributed by atoms with Gasteiger partial charge < -0.3 is 9.97 Å². The van der Waals surface area contributed by atoms with Gasteiger partial charge in [-0.1, -0.05) is 117 Å². The van der Waals surface area contributed by atoms with Crippen molar-refractivity contribution in [2.45, 2.75) is 26.2 Å². The number of rotatable bonds is 7. The molecule has 2 nitrogen and oxygen atoms in total. The van der Waals surface area contributed by atoms with E-state index in [0.717, 1.165) is 28.9 Å². The van der Waals surface area contributed by atoms with Crippen LogP contribution in [-0.2, 0) is 26.5 Å². The maximum absolute atomic E-state index is 4.76. The molecule has 1 radical (unpaired) electrons. The van der Waals surface area contributed by atoms with E-state index in [1.165, 1.54) is 38.9 Å². The molecule has 0 amide bonds. The monoisotopic (exact) mass is 785 g/mol. The van der Waals surface area contributed by atoms with Crippen molar-refractivity contribution in [3.05, 3.63) is 204 Å². The van der Waals surface area contributed by atoms with E-state index in [9.17, 15) is 0 Å². The Morgan fingerprint density at radius 3 is 1.96 bits per heavy atom. The number of pyridine rings is 2. The van der Waals surface area contributed by atoms with Crippen LogP contribution in [0.2, 0.25) is 0 Å². The summed E-state index contributed by atoms with van der Waals surface area (Å²) in [5.41, 5.74) is 12.8. The van der Waals surface area contributed by atoms with Crippen LogP contribution in [0.5, 0.6) is 0 Å². The minimum atomic E-state index is 0. The quantitative estimate of drug-likeness (QED) is 0.151. The minimum absolute atomic E-state index is 0. The first-order valence-corrected chi connectivity index (χ1v) is 15.7. The maximum atomic E-state index is 4.76. The molecule has 47 heavy (non-hydrogen) atoms. The molecule has 1 unspecified atom stereocenters. The predicted octanol–water partition coefficient (Wildman–Crippen LogP) is 10.8. The smallest absolute Gasteiger partial charge is 0.0242 e. The fourth-order valence-electron chi connectivity index (χ4n) is 5.53. The zero-order chi connectivity index (χ0) is 31.6. The van der Waals surface area contributed by atoms with Gasteiger partial charge >= 0.3 is 0 Å². The Bertz CT molecular complexity index is 1960. The molecule has 0 aliphatic rings. The van der Waals surface area contributed by atoms with Gasteiger partial charge in [0.05, 0.1) is 0 Å². The molecule has 0 fully saturated rings. The first-order valence-electron chi connectivity index (χ1n) is 15.7. The molecule has 0 saturated heterocycles. The van der Waals surface area contributed by atoms with Gasteiger partial charge in [-0.2, -0.15) is 0 Å². The van der Waals surface area contributed by atoms with Gasteiger partial charge in [0.1, 0.15) is 0 Å². The van der Waals surface area contributed by atoms with Crippen LogP contribution < -0.4 is 0 Å². The molecule has 7 aromatic rings. The Kier molecular flexibility index (Phi) is 11.8. The van der Waals surface area contributed by atoms with Gasteiger partial charge in [0, 0.05) is 44.0 Å². The average Bonchev–Trinajstić information content (AvgIpc) is 3.13. The first kappa shape index (κ1) is 33.4. The summed E-state index contributed by atoms with van der Waals surface area (Å²) in [6, 6.07) is 58.8. The van der Waals surface area contributed by atoms with E-state index in [4.69, 9.17) is 4.98 Å². The Hall–Kier alpha value is -4.95. The van der Waals surface area contributed by atoms with E-state index in [1.54, 1.807) is 0 Å². The number of benzene rings is 5. The van der Waals surface area contributed by atoms with Crippen molar-refractivity contribution in [3.63, 3.8) is 0 Å². The van der Waals surface area contributed by atoms with Crippen LogP contribution in [0.25, 0.3) is 33.6 Å². The van der Waals surface area contributed by atoms with E-state index in [2.05, 4.69) is 140 Å². The van der Waals surface area contributed by atoms with E-state index in [0.29, 0.717) is 0 Å². The fourth-order valence-corrected chi connectivity index (χ4v) is 5.53. The van der Waals surface area contributed by atoms with Gasteiger partial charge in [0.2, 0.25) is 0 Å². The topological polar surface area (TPSA) is 25.8 Å². The van der Waals surface area contributed by atoms with Gasteiger partial charge in [-0.25, -0.2) is 0 Å². The normalized spacial score (nSPS) is 11.0. The van der Waals surface area contributed by atoms with E-state index in [-0.39, 0.29) is 26.0 Å². The van der Waals surface area contributed by atoms with Crippen molar-refractivity contribution in [2.75, 3.05) is 0 Å². The SMILES string of the molecule is Cc1c[c-]c(-c2cc(C(C)c3ccccc3)c(-c3ccccc3)cn2)cc1.[Ir].[c-]1ccccc1-c1cc(Cc2ccccc2)ccn1. The molecule has 0 N–H and O–H groups in total. The molecule has 2 heterocycles. The summed E-state index contributed by atoms with van der Waals surface area (Å²) in [6.45, 7) is 4.34. The molecule has 3 heteroatoms. The van der Waals surface area contributed by atoms with Crippen LogP contribution in [0.1, 0.15) is 40.7 Å². The molecule has 0 aliphatic heterocycles. The Morgan fingerprint density at radius 2 is 1.28 bits per heavy atom. The second-order valence-electron chi connectivity index (χ2n) is 11.4. The Labute approximate surface area is 292 Å². The van der Waals surface area contributed by atoms with Crippen molar-refractivity contribution < 1.29 is 20.1 Å². The van der Waals surface area contributed by atoms with Crippen molar-refractivity contribution in [2.24, 2.45) is 0 Å². The van der Waals surface area contributed by atoms with Crippen molar-refractivity contribution >= 4 is 0 Å². The van der Waals surface area contributed by atoms with Crippen LogP contribution in [-0.4, -0.2) is 9.97 Å². The summed E-state index contributed by atoms with van der Waals surface area (Å²) in [5.74, 6) is 0.272. The summed E-state index contributed by atoms with van der Waals surface area (Å²) >= 11 is 0. The molecule has 7 rings (SSSR count). The fraction of sp³-hybridized carbons (Fsp3) is 0.0909. The average molecular weight is 785 g/mol. The number of aryl methyl sites for hydroxylation is 1. The van der Waals surface area contributed by atoms with Gasteiger partial charge in [0.25, 0.3) is 0 Å². The molecule has 1 atom stereocenters. The van der Waals surface area contributed by atoms with Gasteiger partial charge in [-0.05, 0) is 51.7 Å². The zero-order valence-electron chi connectivity index (χ0n) is 26.6.